The van der Waals surface area contributed by atoms with Gasteiger partial charge in [0.15, 0.2) is 6.61 Å². The van der Waals surface area contributed by atoms with Gasteiger partial charge >= 0.3 is 0 Å². The van der Waals surface area contributed by atoms with Crippen molar-refractivity contribution < 1.29 is 22.7 Å². The monoisotopic (exact) mass is 464 g/mol. The number of carbonyl (C=O) groups is 1. The van der Waals surface area contributed by atoms with Gasteiger partial charge in [0.1, 0.15) is 5.75 Å². The fourth-order valence-electron chi connectivity index (χ4n) is 3.98. The van der Waals surface area contributed by atoms with Gasteiger partial charge in [-0.3, -0.25) is 4.79 Å². The van der Waals surface area contributed by atoms with Gasteiger partial charge in [0.25, 0.3) is 5.91 Å². The molecule has 31 heavy (non-hydrogen) atoms. The molecule has 7 nitrogen and oxygen atoms in total. The number of benzene rings is 2. The molecule has 0 saturated carbocycles. The Morgan fingerprint density at radius 2 is 1.97 bits per heavy atom. The van der Waals surface area contributed by atoms with E-state index < -0.39 is 10.0 Å². The normalized spacial score (nSPS) is 19.5. The third-order valence-corrected chi connectivity index (χ3v) is 7.76. The van der Waals surface area contributed by atoms with Gasteiger partial charge in [0.05, 0.1) is 29.2 Å². The molecule has 0 radical (unpaired) electrons. The molecular formula is C22H25ClN2O5S. The SMILES string of the molecule is O=C(COc1ccc(S(=O)(=O)N2CCOCC2)cc1Cl)NC1CCCc2ccccc21. The number of morpholine rings is 1. The molecule has 1 amide bonds. The van der Waals surface area contributed by atoms with Crippen molar-refractivity contribution in [1.82, 2.24) is 9.62 Å². The number of rotatable bonds is 6. The number of halogens is 1. The van der Waals surface area contributed by atoms with E-state index in [0.29, 0.717) is 26.3 Å². The van der Waals surface area contributed by atoms with E-state index in [1.807, 2.05) is 18.2 Å². The van der Waals surface area contributed by atoms with Crippen LogP contribution in [0.15, 0.2) is 47.4 Å². The summed E-state index contributed by atoms with van der Waals surface area (Å²) in [4.78, 5) is 12.5. The van der Waals surface area contributed by atoms with E-state index >= 15 is 0 Å². The Kier molecular flexibility index (Phi) is 6.81. The lowest BCUT2D eigenvalue weighted by Gasteiger charge is -2.26. The standard InChI is InChI=1S/C22H25ClN2O5S/c23-19-14-17(31(27,28)25-10-12-29-13-11-25)8-9-21(19)30-15-22(26)24-20-7-3-5-16-4-1-2-6-18(16)20/h1-2,4,6,8-9,14,20H,3,5,7,10-13,15H2,(H,24,26). The van der Waals surface area contributed by atoms with Gasteiger partial charge in [0, 0.05) is 13.1 Å². The number of hydrogen-bond acceptors (Lipinski definition) is 5. The second-order valence-corrected chi connectivity index (χ2v) is 9.95. The lowest BCUT2D eigenvalue weighted by atomic mass is 9.88. The molecule has 1 N–H and O–H groups in total. The smallest absolute Gasteiger partial charge is 0.258 e. The van der Waals surface area contributed by atoms with Crippen molar-refractivity contribution >= 4 is 27.5 Å². The summed E-state index contributed by atoms with van der Waals surface area (Å²) in [6.45, 7) is 1.16. The molecule has 166 valence electrons. The van der Waals surface area contributed by atoms with Crippen molar-refractivity contribution in [1.29, 1.82) is 0 Å². The molecule has 2 aliphatic rings. The molecule has 9 heteroatoms. The highest BCUT2D eigenvalue weighted by atomic mass is 35.5. The molecule has 1 atom stereocenters. The Hall–Kier alpha value is -2.13. The average Bonchev–Trinajstić information content (AvgIpc) is 2.79. The summed E-state index contributed by atoms with van der Waals surface area (Å²) in [6, 6.07) is 12.4. The Bertz CT molecular complexity index is 1050. The van der Waals surface area contributed by atoms with Crippen LogP contribution < -0.4 is 10.1 Å². The van der Waals surface area contributed by atoms with Crippen LogP contribution in [0.4, 0.5) is 0 Å². The van der Waals surface area contributed by atoms with Gasteiger partial charge in [0.2, 0.25) is 10.0 Å². The second-order valence-electron chi connectivity index (χ2n) is 7.61. The van der Waals surface area contributed by atoms with Gasteiger partial charge in [-0.25, -0.2) is 8.42 Å². The van der Waals surface area contributed by atoms with Crippen molar-refractivity contribution in [3.63, 3.8) is 0 Å². The Labute approximate surface area is 187 Å². The van der Waals surface area contributed by atoms with Crippen LogP contribution in [0.1, 0.15) is 30.0 Å². The number of nitrogens with one attached hydrogen (secondary N) is 1. The zero-order chi connectivity index (χ0) is 21.8. The minimum atomic E-state index is -3.65. The first-order valence-electron chi connectivity index (χ1n) is 10.3. The van der Waals surface area contributed by atoms with Gasteiger partial charge in [-0.1, -0.05) is 35.9 Å². The van der Waals surface area contributed by atoms with Gasteiger partial charge in [-0.15, -0.1) is 0 Å². The highest BCUT2D eigenvalue weighted by molar-refractivity contribution is 7.89. The molecular weight excluding hydrogens is 440 g/mol. The zero-order valence-electron chi connectivity index (χ0n) is 17.1. The molecule has 1 aliphatic carbocycles. The lowest BCUT2D eigenvalue weighted by Crippen LogP contribution is -2.40. The van der Waals surface area contributed by atoms with E-state index in [2.05, 4.69) is 11.4 Å². The first-order valence-corrected chi connectivity index (χ1v) is 12.1. The van der Waals surface area contributed by atoms with Crippen LogP contribution in [0, 0.1) is 0 Å². The minimum Gasteiger partial charge on any atom is -0.482 e. The molecule has 1 fully saturated rings. The van der Waals surface area contributed by atoms with Crippen LogP contribution >= 0.6 is 11.6 Å². The Morgan fingerprint density at radius 1 is 1.19 bits per heavy atom. The predicted molar refractivity (Wildman–Crippen MR) is 117 cm³/mol. The molecule has 4 rings (SSSR count). The molecule has 0 aromatic heterocycles. The van der Waals surface area contributed by atoms with Crippen LogP contribution in [0.3, 0.4) is 0 Å². The Morgan fingerprint density at radius 3 is 2.74 bits per heavy atom. The summed E-state index contributed by atoms with van der Waals surface area (Å²) in [5.74, 6) is 0.0181. The largest absolute Gasteiger partial charge is 0.482 e. The molecule has 1 saturated heterocycles. The summed E-state index contributed by atoms with van der Waals surface area (Å²) >= 11 is 6.25. The van der Waals surface area contributed by atoms with E-state index in [1.165, 1.54) is 28.1 Å². The van der Waals surface area contributed by atoms with Gasteiger partial charge in [-0.2, -0.15) is 4.31 Å². The second kappa shape index (κ2) is 9.56. The zero-order valence-corrected chi connectivity index (χ0v) is 18.6. The third-order valence-electron chi connectivity index (χ3n) is 5.57. The maximum absolute atomic E-state index is 12.7. The van der Waals surface area contributed by atoms with Crippen molar-refractivity contribution in [2.75, 3.05) is 32.9 Å². The fourth-order valence-corrected chi connectivity index (χ4v) is 5.71. The molecule has 0 bridgehead atoms. The predicted octanol–water partition coefficient (Wildman–Crippen LogP) is 2.93. The molecule has 1 heterocycles. The van der Waals surface area contributed by atoms with E-state index in [-0.39, 0.29) is 34.2 Å². The number of nitrogens with zero attached hydrogens (tertiary/aromatic N) is 1. The third kappa shape index (κ3) is 5.03. The number of fused-ring (bicyclic) bond motifs is 1. The first kappa shape index (κ1) is 22.1. The van der Waals surface area contributed by atoms with Crippen LogP contribution in [0.5, 0.6) is 5.75 Å². The highest BCUT2D eigenvalue weighted by Gasteiger charge is 2.27. The summed E-state index contributed by atoms with van der Waals surface area (Å²) in [5.41, 5.74) is 2.41. The van der Waals surface area contributed by atoms with E-state index in [9.17, 15) is 13.2 Å². The number of hydrogen-bond donors (Lipinski definition) is 1. The highest BCUT2D eigenvalue weighted by Crippen LogP contribution is 2.30. The maximum atomic E-state index is 12.7. The minimum absolute atomic E-state index is 0.0300. The summed E-state index contributed by atoms with van der Waals surface area (Å²) in [6.07, 6.45) is 2.93. The molecule has 0 spiro atoms. The number of aryl methyl sites for hydroxylation is 1. The van der Waals surface area contributed by atoms with Crippen molar-refractivity contribution in [2.24, 2.45) is 0 Å². The van der Waals surface area contributed by atoms with Gasteiger partial charge < -0.3 is 14.8 Å². The lowest BCUT2D eigenvalue weighted by molar-refractivity contribution is -0.123. The van der Waals surface area contributed by atoms with E-state index in [4.69, 9.17) is 21.1 Å². The summed E-state index contributed by atoms with van der Waals surface area (Å²) < 4.78 is 37.6. The van der Waals surface area contributed by atoms with Crippen LogP contribution in [0.2, 0.25) is 5.02 Å². The van der Waals surface area contributed by atoms with Gasteiger partial charge in [-0.05, 0) is 48.6 Å². The number of amides is 1. The summed E-state index contributed by atoms with van der Waals surface area (Å²) in [7, 11) is -3.65. The fraction of sp³-hybridized carbons (Fsp3) is 0.409. The van der Waals surface area contributed by atoms with Crippen LogP contribution in [-0.2, 0) is 26.0 Å². The molecule has 1 unspecified atom stereocenters. The molecule has 1 aliphatic heterocycles. The number of sulfonamides is 1. The molecule has 2 aromatic carbocycles. The van der Waals surface area contributed by atoms with Crippen LogP contribution in [0.25, 0.3) is 0 Å². The first-order chi connectivity index (χ1) is 14.9. The Balaban J connectivity index is 1.37. The summed E-state index contributed by atoms with van der Waals surface area (Å²) in [5, 5.41) is 3.17. The number of carbonyl (C=O) groups excluding carboxylic acids is 1. The van der Waals surface area contributed by atoms with Crippen molar-refractivity contribution in [2.45, 2.75) is 30.2 Å². The topological polar surface area (TPSA) is 84.9 Å². The molecule has 2 aromatic rings. The van der Waals surface area contributed by atoms with Crippen molar-refractivity contribution in [3.8, 4) is 5.75 Å². The quantitative estimate of drug-likeness (QED) is 0.710. The number of ether oxygens (including phenoxy) is 2. The van der Waals surface area contributed by atoms with Crippen molar-refractivity contribution in [3.05, 3.63) is 58.6 Å². The maximum Gasteiger partial charge on any atom is 0.258 e. The average molecular weight is 465 g/mol. The van der Waals surface area contributed by atoms with E-state index in [0.717, 1.165) is 24.8 Å². The van der Waals surface area contributed by atoms with E-state index in [1.54, 1.807) is 0 Å². The van der Waals surface area contributed by atoms with Crippen LogP contribution in [-0.4, -0.2) is 51.5 Å².